The van der Waals surface area contributed by atoms with Gasteiger partial charge in [-0.3, -0.25) is 0 Å². The van der Waals surface area contributed by atoms with E-state index in [1.54, 1.807) is 26.2 Å². The van der Waals surface area contributed by atoms with Crippen LogP contribution < -0.4 is 0 Å². The lowest BCUT2D eigenvalue weighted by Gasteiger charge is -2.12. The van der Waals surface area contributed by atoms with E-state index in [0.717, 1.165) is 4.47 Å². The van der Waals surface area contributed by atoms with Crippen molar-refractivity contribution in [2.75, 3.05) is 0 Å². The van der Waals surface area contributed by atoms with Gasteiger partial charge in [-0.2, -0.15) is 0 Å². The monoisotopic (exact) mass is 204 g/mol. The summed E-state index contributed by atoms with van der Waals surface area (Å²) in [5.41, 5.74) is -0.883. The van der Waals surface area contributed by atoms with Crippen LogP contribution in [0.4, 0.5) is 0 Å². The van der Waals surface area contributed by atoms with Gasteiger partial charge in [0.2, 0.25) is 0 Å². The summed E-state index contributed by atoms with van der Waals surface area (Å²) < 4.78 is 5.88. The van der Waals surface area contributed by atoms with Gasteiger partial charge >= 0.3 is 0 Å². The maximum Gasteiger partial charge on any atom is 0.135 e. The molecule has 2 nitrogen and oxygen atoms in total. The minimum atomic E-state index is -0.883. The summed E-state index contributed by atoms with van der Waals surface area (Å²) in [6.07, 6.45) is 1.55. The number of hydrogen-bond donors (Lipinski definition) is 1. The molecule has 1 rings (SSSR count). The third kappa shape index (κ3) is 1.61. The molecule has 0 saturated heterocycles. The Balaban J connectivity index is 2.96. The van der Waals surface area contributed by atoms with Gasteiger partial charge in [0.15, 0.2) is 0 Å². The first-order valence-electron chi connectivity index (χ1n) is 2.97. The van der Waals surface area contributed by atoms with Crippen LogP contribution in [0, 0.1) is 0 Å². The lowest BCUT2D eigenvalue weighted by atomic mass is 10.1. The predicted molar refractivity (Wildman–Crippen MR) is 41.7 cm³/mol. The van der Waals surface area contributed by atoms with Gasteiger partial charge in [0.1, 0.15) is 17.6 Å². The molecule has 0 spiro atoms. The van der Waals surface area contributed by atoms with Crippen LogP contribution in [0.5, 0.6) is 0 Å². The summed E-state index contributed by atoms with van der Waals surface area (Å²) in [4.78, 5) is 0. The number of hydrogen-bond acceptors (Lipinski definition) is 2. The van der Waals surface area contributed by atoms with E-state index in [0.29, 0.717) is 5.76 Å². The van der Waals surface area contributed by atoms with Crippen molar-refractivity contribution in [1.29, 1.82) is 0 Å². The first-order valence-corrected chi connectivity index (χ1v) is 3.76. The van der Waals surface area contributed by atoms with Crippen LogP contribution >= 0.6 is 15.9 Å². The second-order valence-corrected chi connectivity index (χ2v) is 3.60. The molecule has 0 bridgehead atoms. The fraction of sp³-hybridized carbons (Fsp3) is 0.429. The van der Waals surface area contributed by atoms with Crippen molar-refractivity contribution in [3.63, 3.8) is 0 Å². The number of halogens is 1. The van der Waals surface area contributed by atoms with E-state index in [-0.39, 0.29) is 0 Å². The van der Waals surface area contributed by atoms with Crippen LogP contribution in [0.3, 0.4) is 0 Å². The van der Waals surface area contributed by atoms with Crippen LogP contribution in [0.2, 0.25) is 0 Å². The van der Waals surface area contributed by atoms with E-state index in [9.17, 15) is 5.11 Å². The Morgan fingerprint density at radius 2 is 2.20 bits per heavy atom. The van der Waals surface area contributed by atoms with Gasteiger partial charge < -0.3 is 9.52 Å². The zero-order valence-corrected chi connectivity index (χ0v) is 7.47. The molecule has 0 atom stereocenters. The highest BCUT2D eigenvalue weighted by Gasteiger charge is 2.19. The molecule has 0 amide bonds. The minimum Gasteiger partial charge on any atom is -0.465 e. The summed E-state index contributed by atoms with van der Waals surface area (Å²) in [5.74, 6) is 0.569. The summed E-state index contributed by atoms with van der Waals surface area (Å²) in [6.45, 7) is 3.36. The highest BCUT2D eigenvalue weighted by atomic mass is 79.9. The first kappa shape index (κ1) is 7.82. The Morgan fingerprint density at radius 3 is 2.40 bits per heavy atom. The summed E-state index contributed by atoms with van der Waals surface area (Å²) in [6, 6.07) is 1.75. The van der Waals surface area contributed by atoms with Crippen LogP contribution in [-0.2, 0) is 5.60 Å². The quantitative estimate of drug-likeness (QED) is 0.762. The normalized spacial score (nSPS) is 12.0. The third-order valence-electron chi connectivity index (χ3n) is 1.17. The van der Waals surface area contributed by atoms with Crippen molar-refractivity contribution in [2.24, 2.45) is 0 Å². The molecule has 0 aliphatic heterocycles. The third-order valence-corrected chi connectivity index (χ3v) is 1.59. The minimum absolute atomic E-state index is 0.569. The zero-order valence-electron chi connectivity index (χ0n) is 5.89. The molecule has 0 aliphatic carbocycles. The second kappa shape index (κ2) is 2.40. The van der Waals surface area contributed by atoms with Crippen molar-refractivity contribution in [2.45, 2.75) is 19.4 Å². The fourth-order valence-electron chi connectivity index (χ4n) is 0.634. The van der Waals surface area contributed by atoms with E-state index in [1.807, 2.05) is 0 Å². The van der Waals surface area contributed by atoms with Gasteiger partial charge in [-0.05, 0) is 35.8 Å². The highest BCUT2D eigenvalue weighted by molar-refractivity contribution is 9.10. The van der Waals surface area contributed by atoms with Crippen molar-refractivity contribution in [3.05, 3.63) is 22.6 Å². The maximum atomic E-state index is 9.39. The molecular formula is C7H9BrO2. The summed E-state index contributed by atoms with van der Waals surface area (Å²) >= 11 is 3.22. The molecule has 0 fully saturated rings. The van der Waals surface area contributed by atoms with E-state index in [2.05, 4.69) is 15.9 Å². The molecule has 10 heavy (non-hydrogen) atoms. The van der Waals surface area contributed by atoms with Crippen molar-refractivity contribution in [3.8, 4) is 0 Å². The van der Waals surface area contributed by atoms with E-state index in [1.165, 1.54) is 0 Å². The summed E-state index contributed by atoms with van der Waals surface area (Å²) in [7, 11) is 0. The van der Waals surface area contributed by atoms with Gasteiger partial charge in [-0.25, -0.2) is 0 Å². The van der Waals surface area contributed by atoms with Crippen molar-refractivity contribution in [1.82, 2.24) is 0 Å². The molecular weight excluding hydrogens is 196 g/mol. The van der Waals surface area contributed by atoms with Gasteiger partial charge in [-0.1, -0.05) is 0 Å². The molecule has 1 N–H and O–H groups in total. The maximum absolute atomic E-state index is 9.39. The smallest absolute Gasteiger partial charge is 0.135 e. The standard InChI is InChI=1S/C7H9BrO2/c1-7(2,9)6-3-5(8)4-10-6/h3-4,9H,1-2H3. The predicted octanol–water partition coefficient (Wildman–Crippen LogP) is 2.27. The van der Waals surface area contributed by atoms with Crippen molar-refractivity contribution < 1.29 is 9.52 Å². The fourth-order valence-corrected chi connectivity index (χ4v) is 0.935. The Labute approximate surface area is 68.0 Å². The van der Waals surface area contributed by atoms with E-state index >= 15 is 0 Å². The number of rotatable bonds is 1. The molecule has 0 unspecified atom stereocenters. The lowest BCUT2D eigenvalue weighted by molar-refractivity contribution is 0.0541. The highest BCUT2D eigenvalue weighted by Crippen LogP contribution is 2.24. The molecule has 1 aromatic heterocycles. The van der Waals surface area contributed by atoms with Crippen LogP contribution in [0.1, 0.15) is 19.6 Å². The van der Waals surface area contributed by atoms with Crippen LogP contribution in [0.25, 0.3) is 0 Å². The lowest BCUT2D eigenvalue weighted by Crippen LogP contribution is -2.13. The van der Waals surface area contributed by atoms with Gasteiger partial charge in [-0.15, -0.1) is 0 Å². The van der Waals surface area contributed by atoms with Gasteiger partial charge in [0.25, 0.3) is 0 Å². The molecule has 1 aromatic rings. The Hall–Kier alpha value is -0.280. The molecule has 1 heterocycles. The van der Waals surface area contributed by atoms with Gasteiger partial charge in [0, 0.05) is 0 Å². The zero-order chi connectivity index (χ0) is 7.78. The Kier molecular flexibility index (Phi) is 1.88. The van der Waals surface area contributed by atoms with Gasteiger partial charge in [0.05, 0.1) is 4.47 Å². The average molecular weight is 205 g/mol. The largest absolute Gasteiger partial charge is 0.465 e. The Morgan fingerprint density at radius 1 is 1.60 bits per heavy atom. The molecule has 0 aromatic carbocycles. The molecule has 0 saturated carbocycles. The molecule has 3 heteroatoms. The second-order valence-electron chi connectivity index (χ2n) is 2.69. The molecule has 0 aliphatic rings. The van der Waals surface area contributed by atoms with Crippen LogP contribution in [-0.4, -0.2) is 5.11 Å². The van der Waals surface area contributed by atoms with E-state index in [4.69, 9.17) is 4.42 Å². The van der Waals surface area contributed by atoms with E-state index < -0.39 is 5.60 Å². The number of furan rings is 1. The molecule has 0 radical (unpaired) electrons. The first-order chi connectivity index (χ1) is 4.50. The Bertz CT molecular complexity index is 222. The topological polar surface area (TPSA) is 33.4 Å². The molecule has 56 valence electrons. The average Bonchev–Trinajstić information content (AvgIpc) is 2.11. The number of aliphatic hydroxyl groups is 1. The SMILES string of the molecule is CC(C)(O)c1cc(Br)co1. The summed E-state index contributed by atoms with van der Waals surface area (Å²) in [5, 5.41) is 9.39. The van der Waals surface area contributed by atoms with Crippen LogP contribution in [0.15, 0.2) is 21.2 Å². The van der Waals surface area contributed by atoms with Crippen molar-refractivity contribution >= 4 is 15.9 Å².